The van der Waals surface area contributed by atoms with Crippen LogP contribution in [0.3, 0.4) is 0 Å². The molecule has 20 heavy (non-hydrogen) atoms. The maximum absolute atomic E-state index is 8.72. The van der Waals surface area contributed by atoms with Crippen molar-refractivity contribution >= 4 is 22.7 Å². The predicted molar refractivity (Wildman–Crippen MR) is 77.2 cm³/mol. The van der Waals surface area contributed by atoms with Crippen molar-refractivity contribution < 1.29 is 4.42 Å². The van der Waals surface area contributed by atoms with Crippen molar-refractivity contribution in [3.8, 4) is 6.07 Å². The molecule has 1 atom stereocenters. The Morgan fingerprint density at radius 1 is 1.25 bits per heavy atom. The summed E-state index contributed by atoms with van der Waals surface area (Å²) >= 11 is 5.60. The topological polar surface area (TPSA) is 49.8 Å². The summed E-state index contributed by atoms with van der Waals surface area (Å²) in [6.45, 7) is 1.86. The minimum Gasteiger partial charge on any atom is -0.443 e. The first-order valence-corrected chi connectivity index (χ1v) is 6.59. The lowest BCUT2D eigenvalue weighted by atomic mass is 10.0. The van der Waals surface area contributed by atoms with Crippen LogP contribution in [0.4, 0.5) is 0 Å². The van der Waals surface area contributed by atoms with Gasteiger partial charge in [-0.05, 0) is 35.9 Å². The molecular formula is C16H11ClN2O. The largest absolute Gasteiger partial charge is 0.443 e. The van der Waals surface area contributed by atoms with E-state index in [-0.39, 0.29) is 5.92 Å². The van der Waals surface area contributed by atoms with Gasteiger partial charge in [0.25, 0.3) is 0 Å². The first-order chi connectivity index (χ1) is 9.69. The van der Waals surface area contributed by atoms with Crippen LogP contribution in [0.25, 0.3) is 11.1 Å². The van der Waals surface area contributed by atoms with Crippen molar-refractivity contribution in [3.63, 3.8) is 0 Å². The Hall–Kier alpha value is -2.31. The predicted octanol–water partition coefficient (Wildman–Crippen LogP) is 4.40. The molecule has 2 aliphatic rings. The lowest BCUT2D eigenvalue weighted by molar-refractivity contribution is 0.602. The molecule has 1 heterocycles. The standard InChI is InChI=1S/C10H8N2O.C6H3Cl/c1-7(5-11)8-2-3-10-9(4-8)12-6-13-10;7-6-3-4-1-2-5(4)6/h2-4,6-7H,1H3;1-3H. The monoisotopic (exact) mass is 282 g/mol. The molecule has 1 aromatic carbocycles. The number of halogens is 1. The minimum absolute atomic E-state index is 0.0962. The normalized spacial score (nSPS) is 12.2. The van der Waals surface area contributed by atoms with Gasteiger partial charge < -0.3 is 4.42 Å². The summed E-state index contributed by atoms with van der Waals surface area (Å²) in [5.74, 6) is -0.0962. The Labute approximate surface area is 120 Å². The van der Waals surface area contributed by atoms with Crippen LogP contribution in [-0.2, 0) is 0 Å². The van der Waals surface area contributed by atoms with Gasteiger partial charge in [0.05, 0.1) is 12.0 Å². The summed E-state index contributed by atoms with van der Waals surface area (Å²) in [6.07, 6.45) is 1.41. The van der Waals surface area contributed by atoms with E-state index in [4.69, 9.17) is 21.3 Å². The zero-order valence-electron chi connectivity index (χ0n) is 10.8. The van der Waals surface area contributed by atoms with E-state index in [1.165, 1.54) is 16.8 Å². The van der Waals surface area contributed by atoms with Crippen molar-refractivity contribution in [1.29, 1.82) is 5.26 Å². The highest BCUT2D eigenvalue weighted by atomic mass is 35.5. The fourth-order valence-corrected chi connectivity index (χ4v) is 2.25. The fraction of sp³-hybridized carbons (Fsp3) is 0.125. The lowest BCUT2D eigenvalue weighted by Gasteiger charge is -2.01. The quantitative estimate of drug-likeness (QED) is 0.520. The van der Waals surface area contributed by atoms with Gasteiger partial charge in [0.1, 0.15) is 5.52 Å². The van der Waals surface area contributed by atoms with E-state index in [9.17, 15) is 0 Å². The highest BCUT2D eigenvalue weighted by Gasteiger charge is 2.05. The third kappa shape index (κ3) is 2.15. The third-order valence-electron chi connectivity index (χ3n) is 3.33. The number of aromatic nitrogens is 1. The molecule has 0 N–H and O–H groups in total. The lowest BCUT2D eigenvalue weighted by Crippen LogP contribution is -1.88. The van der Waals surface area contributed by atoms with Gasteiger partial charge >= 0.3 is 0 Å². The number of benzene rings is 2. The molecule has 1 unspecified atom stereocenters. The Balaban J connectivity index is 0.000000144. The molecule has 0 aliphatic heterocycles. The van der Waals surface area contributed by atoms with Gasteiger partial charge in [-0.25, -0.2) is 4.98 Å². The average Bonchev–Trinajstić information content (AvgIpc) is 2.91. The molecule has 0 saturated heterocycles. The van der Waals surface area contributed by atoms with E-state index in [1.54, 1.807) is 0 Å². The summed E-state index contributed by atoms with van der Waals surface area (Å²) in [6, 6.07) is 13.8. The second-order valence-electron chi connectivity index (χ2n) is 4.62. The number of oxazole rings is 1. The van der Waals surface area contributed by atoms with Gasteiger partial charge in [0.2, 0.25) is 0 Å². The van der Waals surface area contributed by atoms with Gasteiger partial charge in [-0.15, -0.1) is 0 Å². The fourth-order valence-electron chi connectivity index (χ4n) is 1.96. The summed E-state index contributed by atoms with van der Waals surface area (Å²) in [5, 5.41) is 12.2. The maximum atomic E-state index is 8.72. The molecule has 0 amide bonds. The molecule has 0 fully saturated rings. The molecule has 2 aromatic rings. The van der Waals surface area contributed by atoms with E-state index >= 15 is 0 Å². The molecule has 1 aromatic heterocycles. The molecule has 98 valence electrons. The van der Waals surface area contributed by atoms with Crippen molar-refractivity contribution in [2.24, 2.45) is 0 Å². The molecule has 3 nitrogen and oxygen atoms in total. The Bertz CT molecular complexity index is 908. The van der Waals surface area contributed by atoms with Crippen LogP contribution in [0.15, 0.2) is 47.2 Å². The maximum Gasteiger partial charge on any atom is 0.181 e. The highest BCUT2D eigenvalue weighted by molar-refractivity contribution is 6.31. The van der Waals surface area contributed by atoms with Crippen molar-refractivity contribution in [2.75, 3.05) is 0 Å². The smallest absolute Gasteiger partial charge is 0.181 e. The van der Waals surface area contributed by atoms with Crippen molar-refractivity contribution in [3.05, 3.63) is 63.8 Å². The number of hydrogen-bond donors (Lipinski definition) is 0. The second kappa shape index (κ2) is 4.99. The van der Waals surface area contributed by atoms with Crippen molar-refractivity contribution in [2.45, 2.75) is 12.8 Å². The molecule has 0 bridgehead atoms. The van der Waals surface area contributed by atoms with Crippen molar-refractivity contribution in [1.82, 2.24) is 4.98 Å². The summed E-state index contributed by atoms with van der Waals surface area (Å²) < 4.78 is 5.09. The molecule has 2 aliphatic carbocycles. The van der Waals surface area contributed by atoms with Gasteiger partial charge in [-0.2, -0.15) is 5.26 Å². The van der Waals surface area contributed by atoms with Crippen LogP contribution in [0, 0.1) is 21.8 Å². The van der Waals surface area contributed by atoms with Gasteiger partial charge in [0, 0.05) is 10.2 Å². The van der Waals surface area contributed by atoms with Crippen LogP contribution in [-0.4, -0.2) is 4.98 Å². The van der Waals surface area contributed by atoms with E-state index in [0.29, 0.717) is 0 Å². The Morgan fingerprint density at radius 3 is 2.60 bits per heavy atom. The third-order valence-corrected chi connectivity index (χ3v) is 3.64. The van der Waals surface area contributed by atoms with E-state index in [2.05, 4.69) is 17.1 Å². The number of hydrogen-bond acceptors (Lipinski definition) is 3. The molecular weight excluding hydrogens is 272 g/mol. The molecule has 0 saturated carbocycles. The number of rotatable bonds is 1. The zero-order valence-corrected chi connectivity index (χ0v) is 11.6. The van der Waals surface area contributed by atoms with Gasteiger partial charge in [-0.3, -0.25) is 0 Å². The van der Waals surface area contributed by atoms with Gasteiger partial charge in [0.15, 0.2) is 12.0 Å². The number of nitriles is 1. The van der Waals surface area contributed by atoms with Crippen LogP contribution in [0.1, 0.15) is 18.4 Å². The summed E-state index contributed by atoms with van der Waals surface area (Å²) in [7, 11) is 0. The van der Waals surface area contributed by atoms with Crippen LogP contribution < -0.4 is 0 Å². The zero-order chi connectivity index (χ0) is 14.1. The Kier molecular flexibility index (Phi) is 3.17. The second-order valence-corrected chi connectivity index (χ2v) is 5.03. The SMILES string of the molecule is CC(C#N)c1ccc2ocnc2c1.Clc1cc2ccc1=2. The molecule has 0 radical (unpaired) electrons. The van der Waals surface area contributed by atoms with E-state index in [1.807, 2.05) is 37.3 Å². The number of nitrogens with zero attached hydrogens (tertiary/aromatic N) is 2. The minimum atomic E-state index is -0.0962. The molecule has 4 heteroatoms. The van der Waals surface area contributed by atoms with Crippen LogP contribution in [0.2, 0.25) is 5.02 Å². The summed E-state index contributed by atoms with van der Waals surface area (Å²) in [5.41, 5.74) is 2.54. The first kappa shape index (κ1) is 12.7. The molecule has 0 spiro atoms. The van der Waals surface area contributed by atoms with Gasteiger partial charge in [-0.1, -0.05) is 29.8 Å². The summed E-state index contributed by atoms with van der Waals surface area (Å²) in [4.78, 5) is 4.02. The van der Waals surface area contributed by atoms with Crippen LogP contribution >= 0.6 is 11.6 Å². The van der Waals surface area contributed by atoms with E-state index in [0.717, 1.165) is 21.7 Å². The first-order valence-electron chi connectivity index (χ1n) is 6.21. The average molecular weight is 283 g/mol. The number of fused-ring (bicyclic) bond motifs is 1. The Morgan fingerprint density at radius 2 is 2.10 bits per heavy atom. The highest BCUT2D eigenvalue weighted by Crippen LogP contribution is 2.20. The van der Waals surface area contributed by atoms with E-state index < -0.39 is 0 Å². The van der Waals surface area contributed by atoms with Crippen LogP contribution in [0.5, 0.6) is 0 Å². The molecule has 4 rings (SSSR count).